The fourth-order valence-corrected chi connectivity index (χ4v) is 4.94. The molecule has 0 bridgehead atoms. The van der Waals surface area contributed by atoms with Gasteiger partial charge in [0.05, 0.1) is 16.8 Å². The van der Waals surface area contributed by atoms with Crippen LogP contribution in [0, 0.1) is 12.8 Å². The second-order valence-electron chi connectivity index (χ2n) is 10.2. The van der Waals surface area contributed by atoms with Gasteiger partial charge in [0.1, 0.15) is 17.8 Å². The molecule has 2 atom stereocenters. The summed E-state index contributed by atoms with van der Waals surface area (Å²) >= 11 is 0. The lowest BCUT2D eigenvalue weighted by molar-refractivity contribution is -0.137. The minimum absolute atomic E-state index is 0.436. The van der Waals surface area contributed by atoms with Crippen molar-refractivity contribution in [2.45, 2.75) is 70.9 Å². The molecular weight excluding hydrogens is 483 g/mol. The van der Waals surface area contributed by atoms with Gasteiger partial charge in [-0.2, -0.15) is 13.2 Å². The van der Waals surface area contributed by atoms with E-state index in [2.05, 4.69) is 31.8 Å². The summed E-state index contributed by atoms with van der Waals surface area (Å²) in [6, 6.07) is 9.07. The van der Waals surface area contributed by atoms with Crippen LogP contribution in [0.3, 0.4) is 0 Å². The number of hydrogen-bond donors (Lipinski definition) is 3. The summed E-state index contributed by atoms with van der Waals surface area (Å²) in [5, 5.41) is 17.7. The van der Waals surface area contributed by atoms with Crippen LogP contribution in [0.15, 0.2) is 42.9 Å². The molecule has 4 N–H and O–H groups in total. The Labute approximate surface area is 213 Å². The van der Waals surface area contributed by atoms with Crippen molar-refractivity contribution in [2.75, 3.05) is 5.73 Å². The highest BCUT2D eigenvalue weighted by atomic mass is 19.4. The van der Waals surface area contributed by atoms with Gasteiger partial charge in [0, 0.05) is 23.0 Å². The molecule has 0 saturated heterocycles. The van der Waals surface area contributed by atoms with Crippen LogP contribution in [0.25, 0.3) is 21.9 Å². The smallest absolute Gasteiger partial charge is 0.383 e. The van der Waals surface area contributed by atoms with Crippen molar-refractivity contribution in [1.29, 1.82) is 0 Å². The number of aliphatic hydroxyl groups is 2. The fourth-order valence-electron chi connectivity index (χ4n) is 4.94. The van der Waals surface area contributed by atoms with Crippen LogP contribution >= 0.6 is 0 Å². The van der Waals surface area contributed by atoms with E-state index in [1.54, 1.807) is 12.4 Å². The zero-order valence-corrected chi connectivity index (χ0v) is 21.1. The third-order valence-corrected chi connectivity index (χ3v) is 6.67. The van der Waals surface area contributed by atoms with E-state index in [4.69, 9.17) is 15.9 Å². The number of nitrogens with two attached hydrogens (primary N) is 1. The molecule has 5 rings (SSSR count). The van der Waals surface area contributed by atoms with Crippen LogP contribution < -0.4 is 5.73 Å². The lowest BCUT2D eigenvalue weighted by Gasteiger charge is -2.15. The zero-order chi connectivity index (χ0) is 27.0. The van der Waals surface area contributed by atoms with Gasteiger partial charge in [0.25, 0.3) is 0 Å². The minimum Gasteiger partial charge on any atom is -0.383 e. The number of nitrogen functional groups attached to an aromatic ring is 1. The van der Waals surface area contributed by atoms with Gasteiger partial charge in [-0.1, -0.05) is 12.1 Å². The van der Waals surface area contributed by atoms with Gasteiger partial charge in [-0.05, 0) is 82.6 Å². The molecule has 7 nitrogen and oxygen atoms in total. The standard InChI is InChI=1S/C24H24F3N5.C3H8O2/c1-14-19-8-9-32(23(19)30-13-29-14)18-7-5-15(10-18)2-3-16-4-6-17-12-20(24(25,26)27)22(28)31-21(17)11-16;1-3(2,4)5/h4,6,8-9,11-13,15,18H,2-3,5,7,10H2,1H3,(H2,28,31);4-5H,1-2H3. The first-order valence-corrected chi connectivity index (χ1v) is 12.3. The Kier molecular flexibility index (Phi) is 7.43. The molecule has 1 aliphatic carbocycles. The van der Waals surface area contributed by atoms with Crippen LogP contribution in [-0.4, -0.2) is 35.5 Å². The number of anilines is 1. The molecule has 3 heterocycles. The minimum atomic E-state index is -4.50. The van der Waals surface area contributed by atoms with E-state index in [-0.39, 0.29) is 0 Å². The summed E-state index contributed by atoms with van der Waals surface area (Å²) < 4.78 is 41.5. The molecule has 0 radical (unpaired) electrons. The molecule has 0 amide bonds. The van der Waals surface area contributed by atoms with Crippen molar-refractivity contribution in [3.05, 3.63) is 59.7 Å². The molecule has 1 saturated carbocycles. The topological polar surface area (TPSA) is 110 Å². The molecule has 2 unspecified atom stereocenters. The normalized spacial score (nSPS) is 18.3. The molecule has 10 heteroatoms. The average Bonchev–Trinajstić information content (AvgIpc) is 3.43. The summed E-state index contributed by atoms with van der Waals surface area (Å²) in [5.74, 6) is -1.37. The van der Waals surface area contributed by atoms with E-state index in [1.165, 1.54) is 13.8 Å². The van der Waals surface area contributed by atoms with E-state index in [1.807, 2.05) is 19.1 Å². The molecule has 37 heavy (non-hydrogen) atoms. The Hall–Kier alpha value is -3.24. The highest BCUT2D eigenvalue weighted by Crippen LogP contribution is 2.39. The molecule has 198 valence electrons. The van der Waals surface area contributed by atoms with E-state index in [9.17, 15) is 13.2 Å². The summed E-state index contributed by atoms with van der Waals surface area (Å²) in [4.78, 5) is 12.8. The Morgan fingerprint density at radius 2 is 1.81 bits per heavy atom. The van der Waals surface area contributed by atoms with E-state index >= 15 is 0 Å². The summed E-state index contributed by atoms with van der Waals surface area (Å²) in [7, 11) is 0. The monoisotopic (exact) mass is 515 g/mol. The van der Waals surface area contributed by atoms with Crippen LogP contribution in [-0.2, 0) is 12.6 Å². The molecule has 0 aliphatic heterocycles. The van der Waals surface area contributed by atoms with Crippen molar-refractivity contribution in [3.63, 3.8) is 0 Å². The number of rotatable bonds is 4. The predicted octanol–water partition coefficient (Wildman–Crippen LogP) is 5.57. The Balaban J connectivity index is 0.000000586. The lowest BCUT2D eigenvalue weighted by Crippen LogP contribution is -2.15. The van der Waals surface area contributed by atoms with Crippen LogP contribution in [0.5, 0.6) is 0 Å². The van der Waals surface area contributed by atoms with Gasteiger partial charge in [-0.15, -0.1) is 0 Å². The lowest BCUT2D eigenvalue weighted by atomic mass is 9.97. The van der Waals surface area contributed by atoms with Crippen molar-refractivity contribution >= 4 is 27.8 Å². The van der Waals surface area contributed by atoms with Gasteiger partial charge in [-0.25, -0.2) is 15.0 Å². The Morgan fingerprint density at radius 3 is 2.51 bits per heavy atom. The first kappa shape index (κ1) is 26.8. The van der Waals surface area contributed by atoms with Gasteiger partial charge in [-0.3, -0.25) is 0 Å². The van der Waals surface area contributed by atoms with E-state index in [0.717, 1.165) is 60.5 Å². The number of aromatic nitrogens is 4. The first-order chi connectivity index (χ1) is 17.3. The van der Waals surface area contributed by atoms with Crippen molar-refractivity contribution in [2.24, 2.45) is 5.92 Å². The number of halogens is 3. The number of alkyl halides is 3. The second-order valence-corrected chi connectivity index (χ2v) is 10.2. The van der Waals surface area contributed by atoms with Gasteiger partial charge in [0.15, 0.2) is 5.79 Å². The van der Waals surface area contributed by atoms with Crippen LogP contribution in [0.2, 0.25) is 0 Å². The fraction of sp³-hybridized carbons (Fsp3) is 0.444. The summed E-state index contributed by atoms with van der Waals surface area (Å²) in [6.07, 6.45) is 4.51. The van der Waals surface area contributed by atoms with Crippen LogP contribution in [0.1, 0.15) is 62.4 Å². The maximum atomic E-state index is 13.1. The SMILES string of the molecule is CC(C)(O)O.Cc1ncnc2c1ccn2C1CCC(CCc2ccc3cc(C(F)(F)F)c(N)nc3c2)C1. The highest BCUT2D eigenvalue weighted by molar-refractivity contribution is 5.82. The molecule has 0 spiro atoms. The number of pyridine rings is 1. The average molecular weight is 516 g/mol. The van der Waals surface area contributed by atoms with Crippen molar-refractivity contribution in [1.82, 2.24) is 19.5 Å². The molecule has 1 fully saturated rings. The number of nitrogens with zero attached hydrogens (tertiary/aromatic N) is 4. The molecule has 1 aliphatic rings. The van der Waals surface area contributed by atoms with Gasteiger partial charge in [0.2, 0.25) is 0 Å². The van der Waals surface area contributed by atoms with Crippen molar-refractivity contribution in [3.8, 4) is 0 Å². The predicted molar refractivity (Wildman–Crippen MR) is 137 cm³/mol. The molecule has 4 aromatic rings. The number of hydrogen-bond acceptors (Lipinski definition) is 6. The third kappa shape index (κ3) is 6.56. The molecular formula is C27H32F3N5O2. The van der Waals surface area contributed by atoms with Gasteiger partial charge < -0.3 is 20.5 Å². The third-order valence-electron chi connectivity index (χ3n) is 6.67. The maximum absolute atomic E-state index is 13.1. The zero-order valence-electron chi connectivity index (χ0n) is 21.1. The van der Waals surface area contributed by atoms with E-state index in [0.29, 0.717) is 22.9 Å². The molecule has 3 aromatic heterocycles. The van der Waals surface area contributed by atoms with E-state index < -0.39 is 23.3 Å². The number of benzene rings is 1. The Morgan fingerprint density at radius 1 is 1.08 bits per heavy atom. The first-order valence-electron chi connectivity index (χ1n) is 12.3. The highest BCUT2D eigenvalue weighted by Gasteiger charge is 2.34. The van der Waals surface area contributed by atoms with Crippen molar-refractivity contribution < 1.29 is 23.4 Å². The summed E-state index contributed by atoms with van der Waals surface area (Å²) in [5.41, 5.74) is 8.26. The molecule has 1 aromatic carbocycles. The second kappa shape index (κ2) is 10.3. The largest absolute Gasteiger partial charge is 0.419 e. The summed E-state index contributed by atoms with van der Waals surface area (Å²) in [6.45, 7) is 4.60. The Bertz CT molecular complexity index is 1390. The number of aryl methyl sites for hydroxylation is 2. The maximum Gasteiger partial charge on any atom is 0.419 e. The van der Waals surface area contributed by atoms with Crippen LogP contribution in [0.4, 0.5) is 19.0 Å². The van der Waals surface area contributed by atoms with Gasteiger partial charge >= 0.3 is 6.18 Å². The number of fused-ring (bicyclic) bond motifs is 2. The quantitative estimate of drug-likeness (QED) is 0.307.